The summed E-state index contributed by atoms with van der Waals surface area (Å²) in [7, 11) is 0. The van der Waals surface area contributed by atoms with Crippen molar-refractivity contribution in [3.63, 3.8) is 0 Å². The van der Waals surface area contributed by atoms with Crippen molar-refractivity contribution < 1.29 is 4.79 Å². The maximum atomic E-state index is 13.3. The maximum absolute atomic E-state index is 13.3. The number of carbonyl (C=O) groups excluding carboxylic acids is 1. The fourth-order valence-corrected chi connectivity index (χ4v) is 4.19. The molecular weight excluding hydrogens is 392 g/mol. The molecule has 5 nitrogen and oxygen atoms in total. The predicted octanol–water partition coefficient (Wildman–Crippen LogP) is 5.44. The van der Waals surface area contributed by atoms with Crippen molar-refractivity contribution in [3.8, 4) is 0 Å². The normalized spacial score (nSPS) is 16.7. The van der Waals surface area contributed by atoms with Crippen molar-refractivity contribution in [2.75, 3.05) is 4.90 Å². The van der Waals surface area contributed by atoms with Crippen molar-refractivity contribution in [3.05, 3.63) is 102 Å². The molecule has 5 rings (SSSR count). The summed E-state index contributed by atoms with van der Waals surface area (Å²) in [5.74, 6) is -0.0971. The number of fused-ring (bicyclic) bond motifs is 1. The zero-order chi connectivity index (χ0) is 20.3. The van der Waals surface area contributed by atoms with Crippen LogP contribution in [0.3, 0.4) is 0 Å². The number of amides is 1. The molecule has 0 saturated carbocycles. The van der Waals surface area contributed by atoms with E-state index in [2.05, 4.69) is 9.97 Å². The Labute approximate surface area is 177 Å². The molecule has 6 heteroatoms. The summed E-state index contributed by atoms with van der Waals surface area (Å²) in [5, 5.41) is 0.629. The first kappa shape index (κ1) is 18.3. The third kappa shape index (κ3) is 3.60. The molecule has 0 bridgehead atoms. The number of aromatic nitrogens is 2. The fourth-order valence-electron chi connectivity index (χ4n) is 3.19. The van der Waals surface area contributed by atoms with Gasteiger partial charge in [-0.15, -0.1) is 0 Å². The standard InChI is InChI=1S/C24H16N4OS/c29-23-22(16-17-11-12-20-21(15-17)26-14-13-25-20)30-24(27-18-7-3-1-4-8-18)28(23)19-9-5-2-6-10-19/h1-16H/b22-16-,27-24?. The molecule has 1 saturated heterocycles. The zero-order valence-corrected chi connectivity index (χ0v) is 16.7. The van der Waals surface area contributed by atoms with Gasteiger partial charge in [0.15, 0.2) is 5.17 Å². The molecule has 1 amide bonds. The molecule has 1 fully saturated rings. The number of anilines is 1. The van der Waals surface area contributed by atoms with Crippen LogP contribution in [-0.2, 0) is 4.79 Å². The van der Waals surface area contributed by atoms with E-state index in [1.54, 1.807) is 17.3 Å². The van der Waals surface area contributed by atoms with Gasteiger partial charge < -0.3 is 0 Å². The van der Waals surface area contributed by atoms with Crippen LogP contribution < -0.4 is 4.90 Å². The van der Waals surface area contributed by atoms with Gasteiger partial charge in [0.25, 0.3) is 5.91 Å². The molecule has 0 N–H and O–H groups in total. The molecule has 0 unspecified atom stereocenters. The Morgan fingerprint density at radius 1 is 0.833 bits per heavy atom. The Bertz CT molecular complexity index is 1290. The Hall–Kier alpha value is -3.77. The second-order valence-corrected chi connectivity index (χ2v) is 7.63. The van der Waals surface area contributed by atoms with Crippen LogP contribution in [-0.4, -0.2) is 21.0 Å². The van der Waals surface area contributed by atoms with E-state index in [0.717, 1.165) is 28.0 Å². The lowest BCUT2D eigenvalue weighted by Crippen LogP contribution is -2.28. The Kier molecular flexibility index (Phi) is 4.83. The van der Waals surface area contributed by atoms with Gasteiger partial charge in [-0.2, -0.15) is 0 Å². The van der Waals surface area contributed by atoms with Crippen molar-refractivity contribution >= 4 is 51.3 Å². The average molecular weight is 408 g/mol. The van der Waals surface area contributed by atoms with Gasteiger partial charge in [0.1, 0.15) is 0 Å². The number of rotatable bonds is 3. The molecule has 2 heterocycles. The molecule has 1 aliphatic heterocycles. The number of aliphatic imine (C=N–C) groups is 1. The number of hydrogen-bond acceptors (Lipinski definition) is 5. The SMILES string of the molecule is O=C1/C(=C/c2ccc3nccnc3c2)SC(=Nc2ccccc2)N1c1ccccc1. The maximum Gasteiger partial charge on any atom is 0.271 e. The van der Waals surface area contributed by atoms with Gasteiger partial charge in [-0.1, -0.05) is 42.5 Å². The van der Waals surface area contributed by atoms with Gasteiger partial charge in [0.05, 0.1) is 27.3 Å². The van der Waals surface area contributed by atoms with Gasteiger partial charge in [0.2, 0.25) is 0 Å². The minimum Gasteiger partial charge on any atom is -0.268 e. The average Bonchev–Trinajstić information content (AvgIpc) is 3.09. The Balaban J connectivity index is 1.57. The highest BCUT2D eigenvalue weighted by molar-refractivity contribution is 8.19. The smallest absolute Gasteiger partial charge is 0.268 e. The topological polar surface area (TPSA) is 58.5 Å². The van der Waals surface area contributed by atoms with E-state index in [-0.39, 0.29) is 5.91 Å². The Morgan fingerprint density at radius 2 is 1.53 bits per heavy atom. The quantitative estimate of drug-likeness (QED) is 0.424. The number of amidine groups is 1. The van der Waals surface area contributed by atoms with Crippen LogP contribution in [0.4, 0.5) is 11.4 Å². The van der Waals surface area contributed by atoms with E-state index >= 15 is 0 Å². The van der Waals surface area contributed by atoms with Crippen molar-refractivity contribution in [2.24, 2.45) is 4.99 Å². The molecule has 30 heavy (non-hydrogen) atoms. The lowest BCUT2D eigenvalue weighted by Gasteiger charge is -2.15. The first-order chi connectivity index (χ1) is 14.8. The molecule has 0 spiro atoms. The van der Waals surface area contributed by atoms with Crippen molar-refractivity contribution in [2.45, 2.75) is 0 Å². The fraction of sp³-hybridized carbons (Fsp3) is 0. The van der Waals surface area contributed by atoms with E-state index in [1.807, 2.05) is 84.9 Å². The van der Waals surface area contributed by atoms with Crippen LogP contribution in [0.25, 0.3) is 17.1 Å². The number of benzene rings is 3. The van der Waals surface area contributed by atoms with Crippen LogP contribution in [0.15, 0.2) is 101 Å². The molecular formula is C24H16N4OS. The van der Waals surface area contributed by atoms with Gasteiger partial charge in [-0.25, -0.2) is 4.99 Å². The van der Waals surface area contributed by atoms with E-state index in [9.17, 15) is 4.79 Å². The number of para-hydroxylation sites is 2. The second-order valence-electron chi connectivity index (χ2n) is 6.62. The number of hydrogen-bond donors (Lipinski definition) is 0. The monoisotopic (exact) mass is 408 g/mol. The predicted molar refractivity (Wildman–Crippen MR) is 123 cm³/mol. The highest BCUT2D eigenvalue weighted by Gasteiger charge is 2.34. The minimum atomic E-state index is -0.0971. The highest BCUT2D eigenvalue weighted by atomic mass is 32.2. The van der Waals surface area contributed by atoms with Crippen molar-refractivity contribution in [1.82, 2.24) is 9.97 Å². The van der Waals surface area contributed by atoms with E-state index in [0.29, 0.717) is 10.1 Å². The summed E-state index contributed by atoms with van der Waals surface area (Å²) >= 11 is 1.37. The van der Waals surface area contributed by atoms with Gasteiger partial charge in [-0.3, -0.25) is 19.7 Å². The van der Waals surface area contributed by atoms with E-state index < -0.39 is 0 Å². The first-order valence-electron chi connectivity index (χ1n) is 9.41. The largest absolute Gasteiger partial charge is 0.271 e. The van der Waals surface area contributed by atoms with E-state index in [1.165, 1.54) is 11.8 Å². The van der Waals surface area contributed by atoms with Crippen LogP contribution in [0.1, 0.15) is 5.56 Å². The summed E-state index contributed by atoms with van der Waals surface area (Å²) < 4.78 is 0. The summed E-state index contributed by atoms with van der Waals surface area (Å²) in [6.07, 6.45) is 5.21. The number of nitrogens with zero attached hydrogens (tertiary/aromatic N) is 4. The van der Waals surface area contributed by atoms with Gasteiger partial charge >= 0.3 is 0 Å². The van der Waals surface area contributed by atoms with Gasteiger partial charge in [0, 0.05) is 12.4 Å². The highest BCUT2D eigenvalue weighted by Crippen LogP contribution is 2.37. The molecule has 144 valence electrons. The summed E-state index contributed by atoms with van der Waals surface area (Å²) in [5.41, 5.74) is 4.10. The van der Waals surface area contributed by atoms with Gasteiger partial charge in [-0.05, 0) is 59.8 Å². The Morgan fingerprint density at radius 3 is 2.30 bits per heavy atom. The van der Waals surface area contributed by atoms with E-state index in [4.69, 9.17) is 4.99 Å². The minimum absolute atomic E-state index is 0.0971. The first-order valence-corrected chi connectivity index (χ1v) is 10.2. The lowest BCUT2D eigenvalue weighted by molar-refractivity contribution is -0.113. The molecule has 4 aromatic rings. The second kappa shape index (κ2) is 7.93. The summed E-state index contributed by atoms with van der Waals surface area (Å²) in [4.78, 5) is 28.9. The van der Waals surface area contributed by atoms with Crippen molar-refractivity contribution in [1.29, 1.82) is 0 Å². The van der Waals surface area contributed by atoms with Crippen LogP contribution in [0, 0.1) is 0 Å². The summed E-state index contributed by atoms with van der Waals surface area (Å²) in [6.45, 7) is 0. The number of carbonyl (C=O) groups is 1. The molecule has 0 radical (unpaired) electrons. The molecule has 1 aliphatic rings. The number of thioether (sulfide) groups is 1. The zero-order valence-electron chi connectivity index (χ0n) is 15.8. The molecule has 0 atom stereocenters. The molecule has 0 aliphatic carbocycles. The lowest BCUT2D eigenvalue weighted by atomic mass is 10.1. The molecule has 1 aromatic heterocycles. The van der Waals surface area contributed by atoms with Crippen LogP contribution in [0.2, 0.25) is 0 Å². The van der Waals surface area contributed by atoms with Crippen LogP contribution >= 0.6 is 11.8 Å². The third-order valence-electron chi connectivity index (χ3n) is 4.59. The third-order valence-corrected chi connectivity index (χ3v) is 5.56. The molecule has 3 aromatic carbocycles. The van der Waals surface area contributed by atoms with Crippen LogP contribution in [0.5, 0.6) is 0 Å². The summed E-state index contributed by atoms with van der Waals surface area (Å²) in [6, 6.07) is 25.0.